The summed E-state index contributed by atoms with van der Waals surface area (Å²) >= 11 is 0. The number of carboxylic acids is 2. The Kier molecular flexibility index (Phi) is 9.43. The maximum Gasteiger partial charge on any atom is 0.320 e. The zero-order valence-electron chi connectivity index (χ0n) is 13.7. The fourth-order valence-electron chi connectivity index (χ4n) is 2.08. The molecular weight excluding hydrogens is 340 g/mol. The maximum atomic E-state index is 11.7. The molecule has 0 amide bonds. The summed E-state index contributed by atoms with van der Waals surface area (Å²) in [6.45, 7) is -0.674. The van der Waals surface area contributed by atoms with Gasteiger partial charge in [-0.25, -0.2) is 0 Å². The van der Waals surface area contributed by atoms with E-state index in [9.17, 15) is 19.2 Å². The van der Waals surface area contributed by atoms with Crippen molar-refractivity contribution in [2.45, 2.75) is 0 Å². The lowest BCUT2D eigenvalue weighted by molar-refractivity contribution is -0.153. The zero-order chi connectivity index (χ0) is 18.7. The third-order valence-electron chi connectivity index (χ3n) is 3.14. The lowest BCUT2D eigenvalue weighted by Crippen LogP contribution is -2.44. The molecule has 0 spiro atoms. The lowest BCUT2D eigenvalue weighted by Gasteiger charge is -2.25. The van der Waals surface area contributed by atoms with Crippen LogP contribution < -0.4 is 0 Å². The van der Waals surface area contributed by atoms with Gasteiger partial charge in [0.15, 0.2) is 0 Å². The summed E-state index contributed by atoms with van der Waals surface area (Å²) in [6.07, 6.45) is 0. The van der Waals surface area contributed by atoms with Crippen LogP contribution in [0, 0.1) is 0 Å². The molecule has 0 saturated carbocycles. The SMILES string of the molecule is O=C(O)CN(CCN1CC(=O)OCCOCCOC(=O)C1)CC(=O)O. The predicted molar refractivity (Wildman–Crippen MR) is 80.9 cm³/mol. The summed E-state index contributed by atoms with van der Waals surface area (Å²) in [5, 5.41) is 17.6. The van der Waals surface area contributed by atoms with Gasteiger partial charge in [-0.2, -0.15) is 0 Å². The normalized spacial score (nSPS) is 18.0. The van der Waals surface area contributed by atoms with Gasteiger partial charge < -0.3 is 24.4 Å². The van der Waals surface area contributed by atoms with Crippen LogP contribution in [-0.4, -0.2) is 110 Å². The van der Waals surface area contributed by atoms with E-state index in [0.29, 0.717) is 0 Å². The number of carbonyl (C=O) groups excluding carboxylic acids is 2. The van der Waals surface area contributed by atoms with Crippen molar-refractivity contribution in [2.75, 3.05) is 65.7 Å². The summed E-state index contributed by atoms with van der Waals surface area (Å²) in [5.74, 6) is -3.48. The van der Waals surface area contributed by atoms with Crippen molar-refractivity contribution in [1.82, 2.24) is 9.80 Å². The quantitative estimate of drug-likeness (QED) is 0.480. The van der Waals surface area contributed by atoms with Crippen LogP contribution in [0.1, 0.15) is 0 Å². The first kappa shape index (κ1) is 20.8. The molecule has 1 aliphatic heterocycles. The van der Waals surface area contributed by atoms with E-state index >= 15 is 0 Å². The fraction of sp³-hybridized carbons (Fsp3) is 0.714. The van der Waals surface area contributed by atoms with Crippen LogP contribution in [-0.2, 0) is 33.4 Å². The van der Waals surface area contributed by atoms with Gasteiger partial charge in [-0.15, -0.1) is 0 Å². The molecule has 0 atom stereocenters. The van der Waals surface area contributed by atoms with Gasteiger partial charge in [0.2, 0.25) is 0 Å². The maximum absolute atomic E-state index is 11.7. The van der Waals surface area contributed by atoms with Crippen molar-refractivity contribution in [1.29, 1.82) is 0 Å². The second kappa shape index (κ2) is 11.3. The van der Waals surface area contributed by atoms with Crippen molar-refractivity contribution < 1.29 is 43.6 Å². The van der Waals surface area contributed by atoms with Crippen LogP contribution in [0.25, 0.3) is 0 Å². The number of nitrogens with zero attached hydrogens (tertiary/aromatic N) is 2. The van der Waals surface area contributed by atoms with E-state index < -0.39 is 37.0 Å². The third kappa shape index (κ3) is 10.3. The minimum Gasteiger partial charge on any atom is -0.480 e. The Morgan fingerprint density at radius 3 is 1.84 bits per heavy atom. The standard InChI is InChI=1S/C14H22N2O9/c17-11(18)7-15(8-12(19)20)1-2-16-9-13(21)24-5-3-23-4-6-25-14(22)10-16/h1-10H2,(H,17,18)(H,19,20). The Morgan fingerprint density at radius 2 is 1.40 bits per heavy atom. The van der Waals surface area contributed by atoms with Crippen LogP contribution in [0.15, 0.2) is 0 Å². The second-order valence-electron chi connectivity index (χ2n) is 5.26. The number of ether oxygens (including phenoxy) is 3. The minimum atomic E-state index is -1.17. The number of rotatable bonds is 7. The average Bonchev–Trinajstić information content (AvgIpc) is 2.49. The van der Waals surface area contributed by atoms with E-state index in [4.69, 9.17) is 24.4 Å². The number of carboxylic acid groups (broad SMARTS) is 2. The molecule has 0 bridgehead atoms. The summed E-state index contributed by atoms with van der Waals surface area (Å²) in [4.78, 5) is 47.7. The number of cyclic esters (lactones) is 2. The van der Waals surface area contributed by atoms with E-state index in [-0.39, 0.29) is 52.6 Å². The van der Waals surface area contributed by atoms with Crippen molar-refractivity contribution in [3.05, 3.63) is 0 Å². The third-order valence-corrected chi connectivity index (χ3v) is 3.14. The van der Waals surface area contributed by atoms with Crippen molar-refractivity contribution in [2.24, 2.45) is 0 Å². The van der Waals surface area contributed by atoms with Gasteiger partial charge in [0.25, 0.3) is 0 Å². The summed E-state index contributed by atoms with van der Waals surface area (Å²) < 4.78 is 15.0. The lowest BCUT2D eigenvalue weighted by atomic mass is 10.4. The van der Waals surface area contributed by atoms with Crippen LogP contribution in [0.2, 0.25) is 0 Å². The molecule has 142 valence electrons. The molecular formula is C14H22N2O9. The van der Waals surface area contributed by atoms with Crippen molar-refractivity contribution in [3.8, 4) is 0 Å². The van der Waals surface area contributed by atoms with Crippen molar-refractivity contribution in [3.63, 3.8) is 0 Å². The van der Waals surface area contributed by atoms with Crippen LogP contribution >= 0.6 is 0 Å². The van der Waals surface area contributed by atoms with E-state index in [0.717, 1.165) is 0 Å². The van der Waals surface area contributed by atoms with Gasteiger partial charge in [-0.05, 0) is 0 Å². The second-order valence-corrected chi connectivity index (χ2v) is 5.26. The number of aliphatic carboxylic acids is 2. The van der Waals surface area contributed by atoms with Gasteiger partial charge in [0.05, 0.1) is 39.4 Å². The average molecular weight is 362 g/mol. The Labute approximate surface area is 144 Å². The number of carbonyl (C=O) groups is 4. The Balaban J connectivity index is 2.63. The van der Waals surface area contributed by atoms with Crippen LogP contribution in [0.3, 0.4) is 0 Å². The molecule has 0 radical (unpaired) electrons. The highest BCUT2D eigenvalue weighted by Gasteiger charge is 2.20. The largest absolute Gasteiger partial charge is 0.480 e. The van der Waals surface area contributed by atoms with Gasteiger partial charge in [0.1, 0.15) is 13.2 Å². The van der Waals surface area contributed by atoms with Gasteiger partial charge in [-0.1, -0.05) is 0 Å². The monoisotopic (exact) mass is 362 g/mol. The topological polar surface area (TPSA) is 143 Å². The highest BCUT2D eigenvalue weighted by atomic mass is 16.6. The molecule has 1 rings (SSSR count). The molecule has 25 heavy (non-hydrogen) atoms. The molecule has 1 heterocycles. The minimum absolute atomic E-state index is 0.0439. The Hall–Kier alpha value is -2.24. The highest BCUT2D eigenvalue weighted by Crippen LogP contribution is 1.98. The molecule has 0 aromatic rings. The molecule has 0 aliphatic carbocycles. The van der Waals surface area contributed by atoms with E-state index in [1.54, 1.807) is 0 Å². The number of hydrogen-bond donors (Lipinski definition) is 2. The summed E-state index contributed by atoms with van der Waals surface area (Å²) in [6, 6.07) is 0. The molecule has 2 N–H and O–H groups in total. The summed E-state index contributed by atoms with van der Waals surface area (Å²) in [7, 11) is 0. The highest BCUT2D eigenvalue weighted by molar-refractivity contribution is 5.75. The predicted octanol–water partition coefficient (Wildman–Crippen LogP) is -2.12. The zero-order valence-corrected chi connectivity index (χ0v) is 13.7. The van der Waals surface area contributed by atoms with E-state index in [1.165, 1.54) is 9.80 Å². The molecule has 1 fully saturated rings. The fourth-order valence-corrected chi connectivity index (χ4v) is 2.08. The molecule has 0 unspecified atom stereocenters. The Bertz CT molecular complexity index is 445. The Morgan fingerprint density at radius 1 is 0.920 bits per heavy atom. The molecule has 1 aliphatic rings. The van der Waals surface area contributed by atoms with Crippen LogP contribution in [0.4, 0.5) is 0 Å². The van der Waals surface area contributed by atoms with Gasteiger partial charge in [0, 0.05) is 13.1 Å². The number of esters is 2. The smallest absolute Gasteiger partial charge is 0.320 e. The first-order chi connectivity index (χ1) is 11.9. The van der Waals surface area contributed by atoms with Crippen molar-refractivity contribution >= 4 is 23.9 Å². The van der Waals surface area contributed by atoms with E-state index in [2.05, 4.69) is 0 Å². The first-order valence-corrected chi connectivity index (χ1v) is 7.64. The van der Waals surface area contributed by atoms with Gasteiger partial charge >= 0.3 is 23.9 Å². The molecule has 11 heteroatoms. The van der Waals surface area contributed by atoms with Gasteiger partial charge in [-0.3, -0.25) is 29.0 Å². The summed E-state index contributed by atoms with van der Waals surface area (Å²) in [5.41, 5.74) is 0. The molecule has 0 aromatic heterocycles. The van der Waals surface area contributed by atoms with Crippen LogP contribution in [0.5, 0.6) is 0 Å². The molecule has 1 saturated heterocycles. The number of hydrogen-bond acceptors (Lipinski definition) is 9. The van der Waals surface area contributed by atoms with E-state index in [1.807, 2.05) is 0 Å². The first-order valence-electron chi connectivity index (χ1n) is 7.64. The molecule has 11 nitrogen and oxygen atoms in total. The molecule has 0 aromatic carbocycles.